The van der Waals surface area contributed by atoms with Crippen molar-refractivity contribution in [3.05, 3.63) is 66.8 Å². The molecule has 0 aliphatic rings. The minimum absolute atomic E-state index is 0.440. The second-order valence-electron chi connectivity index (χ2n) is 3.70. The first-order chi connectivity index (χ1) is 8.35. The number of nitriles is 1. The van der Waals surface area contributed by atoms with E-state index in [1.807, 2.05) is 42.5 Å². The first kappa shape index (κ1) is 11.4. The van der Waals surface area contributed by atoms with Gasteiger partial charge in [0.25, 0.3) is 0 Å². The molecule has 2 aromatic rings. The Morgan fingerprint density at radius 2 is 1.88 bits per heavy atom. The monoisotopic (exact) mass is 222 g/mol. The zero-order valence-electron chi connectivity index (χ0n) is 9.39. The van der Waals surface area contributed by atoms with Crippen molar-refractivity contribution < 1.29 is 4.74 Å². The Hall–Kier alpha value is -2.11. The lowest BCUT2D eigenvalue weighted by Gasteiger charge is -2.09. The molecule has 0 saturated carbocycles. The Morgan fingerprint density at radius 3 is 2.53 bits per heavy atom. The summed E-state index contributed by atoms with van der Waals surface area (Å²) in [6.07, 6.45) is 0. The van der Waals surface area contributed by atoms with Gasteiger partial charge in [-0.25, -0.2) is 0 Å². The molecular weight excluding hydrogens is 210 g/mol. The van der Waals surface area contributed by atoms with Crippen molar-refractivity contribution in [3.8, 4) is 17.2 Å². The Morgan fingerprint density at radius 1 is 1.12 bits per heavy atom. The summed E-state index contributed by atoms with van der Waals surface area (Å²) < 4.78 is 4.93. The summed E-state index contributed by atoms with van der Waals surface area (Å²) in [5.41, 5.74) is 3.78. The van der Waals surface area contributed by atoms with Crippen molar-refractivity contribution in [1.29, 1.82) is 5.26 Å². The van der Waals surface area contributed by atoms with Gasteiger partial charge in [0.2, 0.25) is 0 Å². The van der Waals surface area contributed by atoms with Gasteiger partial charge in [-0.3, -0.25) is 0 Å². The van der Waals surface area contributed by atoms with Crippen molar-refractivity contribution in [3.63, 3.8) is 0 Å². The smallest absolute Gasteiger partial charge is 0.0991 e. The van der Waals surface area contributed by atoms with Gasteiger partial charge in [-0.15, -0.1) is 0 Å². The molecule has 0 saturated heterocycles. The molecule has 0 aliphatic carbocycles. The quantitative estimate of drug-likeness (QED) is 0.795. The number of benzene rings is 2. The Bertz CT molecular complexity index is 541. The molecule has 1 radical (unpaired) electrons. The summed E-state index contributed by atoms with van der Waals surface area (Å²) >= 11 is 0. The van der Waals surface area contributed by atoms with E-state index in [2.05, 4.69) is 13.2 Å². The third-order valence-corrected chi connectivity index (χ3v) is 2.58. The second kappa shape index (κ2) is 5.29. The number of nitrogens with zero attached hydrogens (tertiary/aromatic N) is 1. The first-order valence-corrected chi connectivity index (χ1v) is 5.30. The third-order valence-electron chi connectivity index (χ3n) is 2.58. The summed E-state index contributed by atoms with van der Waals surface area (Å²) in [6, 6.07) is 17.7. The standard InChI is InChI=1S/C15H12NO/c1-17-11-14-8-7-12(10-16)9-15(14)13-5-3-2-4-6-13/h2-9H,1,11H2. The zero-order chi connectivity index (χ0) is 12.1. The van der Waals surface area contributed by atoms with E-state index in [4.69, 9.17) is 10.00 Å². The summed E-state index contributed by atoms with van der Waals surface area (Å²) in [5.74, 6) is 0. The fourth-order valence-electron chi connectivity index (χ4n) is 1.77. The fraction of sp³-hybridized carbons (Fsp3) is 0.0667. The van der Waals surface area contributed by atoms with Crippen LogP contribution in [-0.4, -0.2) is 0 Å². The summed E-state index contributed by atoms with van der Waals surface area (Å²) in [4.78, 5) is 0. The highest BCUT2D eigenvalue weighted by Crippen LogP contribution is 2.25. The van der Waals surface area contributed by atoms with Gasteiger partial charge in [0, 0.05) is 0 Å². The van der Waals surface area contributed by atoms with E-state index in [1.165, 1.54) is 0 Å². The molecule has 83 valence electrons. The molecule has 0 amide bonds. The Kier molecular flexibility index (Phi) is 3.54. The normalized spacial score (nSPS) is 9.88. The molecule has 0 aromatic heterocycles. The molecule has 0 atom stereocenters. The molecule has 2 rings (SSSR count). The average Bonchev–Trinajstić information content (AvgIpc) is 2.40. The van der Waals surface area contributed by atoms with Gasteiger partial charge in [0.05, 0.1) is 25.3 Å². The van der Waals surface area contributed by atoms with Crippen LogP contribution in [0.3, 0.4) is 0 Å². The van der Waals surface area contributed by atoms with E-state index >= 15 is 0 Å². The topological polar surface area (TPSA) is 33.0 Å². The van der Waals surface area contributed by atoms with Gasteiger partial charge in [-0.2, -0.15) is 5.26 Å². The number of rotatable bonds is 3. The van der Waals surface area contributed by atoms with E-state index in [-0.39, 0.29) is 0 Å². The van der Waals surface area contributed by atoms with Crippen molar-refractivity contribution in [2.75, 3.05) is 0 Å². The van der Waals surface area contributed by atoms with Gasteiger partial charge >= 0.3 is 0 Å². The average molecular weight is 222 g/mol. The summed E-state index contributed by atoms with van der Waals surface area (Å²) in [7, 11) is 3.39. The highest BCUT2D eigenvalue weighted by molar-refractivity contribution is 5.68. The highest BCUT2D eigenvalue weighted by Gasteiger charge is 2.05. The maximum atomic E-state index is 8.94. The van der Waals surface area contributed by atoms with Crippen molar-refractivity contribution in [2.24, 2.45) is 0 Å². The lowest BCUT2D eigenvalue weighted by Crippen LogP contribution is -1.92. The molecule has 0 unspecified atom stereocenters. The van der Waals surface area contributed by atoms with Crippen LogP contribution in [0.25, 0.3) is 11.1 Å². The van der Waals surface area contributed by atoms with Crippen LogP contribution in [0, 0.1) is 18.4 Å². The van der Waals surface area contributed by atoms with Crippen molar-refractivity contribution >= 4 is 0 Å². The summed E-state index contributed by atoms with van der Waals surface area (Å²) in [5, 5.41) is 8.94. The van der Waals surface area contributed by atoms with E-state index in [0.29, 0.717) is 12.2 Å². The summed E-state index contributed by atoms with van der Waals surface area (Å²) in [6.45, 7) is 0.440. The third kappa shape index (κ3) is 2.52. The Labute approximate surface area is 101 Å². The van der Waals surface area contributed by atoms with Crippen LogP contribution in [0.5, 0.6) is 0 Å². The lowest BCUT2D eigenvalue weighted by atomic mass is 9.98. The molecule has 17 heavy (non-hydrogen) atoms. The van der Waals surface area contributed by atoms with E-state index < -0.39 is 0 Å². The van der Waals surface area contributed by atoms with Crippen LogP contribution in [-0.2, 0) is 11.3 Å². The molecule has 2 heteroatoms. The minimum atomic E-state index is 0.440. The molecule has 2 aromatic carbocycles. The SMILES string of the molecule is [CH2]OCc1ccc(C#N)cc1-c1ccccc1. The van der Waals surface area contributed by atoms with Crippen LogP contribution in [0.15, 0.2) is 48.5 Å². The predicted molar refractivity (Wildman–Crippen MR) is 66.7 cm³/mol. The van der Waals surface area contributed by atoms with Crippen molar-refractivity contribution in [2.45, 2.75) is 6.61 Å². The van der Waals surface area contributed by atoms with Crippen molar-refractivity contribution in [1.82, 2.24) is 0 Å². The van der Waals surface area contributed by atoms with Gasteiger partial charge in [-0.1, -0.05) is 36.4 Å². The molecule has 0 heterocycles. The van der Waals surface area contributed by atoms with Gasteiger partial charge in [0.15, 0.2) is 0 Å². The van der Waals surface area contributed by atoms with E-state index in [0.717, 1.165) is 16.7 Å². The number of hydrogen-bond acceptors (Lipinski definition) is 2. The maximum Gasteiger partial charge on any atom is 0.0991 e. The van der Waals surface area contributed by atoms with Crippen LogP contribution in [0.2, 0.25) is 0 Å². The Balaban J connectivity index is 2.53. The van der Waals surface area contributed by atoms with Gasteiger partial charge in [0.1, 0.15) is 0 Å². The molecule has 2 nitrogen and oxygen atoms in total. The minimum Gasteiger partial charge on any atom is -0.374 e. The molecule has 0 spiro atoms. The van der Waals surface area contributed by atoms with Gasteiger partial charge < -0.3 is 4.74 Å². The van der Waals surface area contributed by atoms with E-state index in [1.54, 1.807) is 6.07 Å². The molecular formula is C15H12NO. The predicted octanol–water partition coefficient (Wildman–Crippen LogP) is 3.53. The zero-order valence-corrected chi connectivity index (χ0v) is 9.39. The van der Waals surface area contributed by atoms with Gasteiger partial charge in [-0.05, 0) is 28.8 Å². The van der Waals surface area contributed by atoms with Crippen LogP contribution in [0.1, 0.15) is 11.1 Å². The maximum absolute atomic E-state index is 8.94. The van der Waals surface area contributed by atoms with Crippen LogP contribution >= 0.6 is 0 Å². The lowest BCUT2D eigenvalue weighted by molar-refractivity contribution is 0.229. The molecule has 0 bridgehead atoms. The molecule has 0 fully saturated rings. The first-order valence-electron chi connectivity index (χ1n) is 5.30. The van der Waals surface area contributed by atoms with Crippen LogP contribution in [0.4, 0.5) is 0 Å². The molecule has 0 aliphatic heterocycles. The highest BCUT2D eigenvalue weighted by atomic mass is 16.5. The second-order valence-corrected chi connectivity index (χ2v) is 3.70. The van der Waals surface area contributed by atoms with Crippen LogP contribution < -0.4 is 0 Å². The van der Waals surface area contributed by atoms with E-state index in [9.17, 15) is 0 Å². The fourth-order valence-corrected chi connectivity index (χ4v) is 1.77. The number of hydrogen-bond donors (Lipinski definition) is 0. The molecule has 0 N–H and O–H groups in total. The largest absolute Gasteiger partial charge is 0.374 e. The number of ether oxygens (including phenoxy) is 1.